The maximum Gasteiger partial charge on any atom is 0.320 e. The molecule has 3 atom stereocenters. The molecule has 3 amide bonds. The van der Waals surface area contributed by atoms with Gasteiger partial charge in [0.1, 0.15) is 6.61 Å². The fourth-order valence-electron chi connectivity index (χ4n) is 5.42. The van der Waals surface area contributed by atoms with E-state index in [9.17, 15) is 9.59 Å². The van der Waals surface area contributed by atoms with Crippen LogP contribution in [0, 0.1) is 5.92 Å². The maximum atomic E-state index is 13.2. The molecule has 0 spiro atoms. The monoisotopic (exact) mass is 437 g/mol. The van der Waals surface area contributed by atoms with Crippen LogP contribution in [0.2, 0.25) is 0 Å². The summed E-state index contributed by atoms with van der Waals surface area (Å²) in [4.78, 5) is 28.8. The molecular weight excluding hydrogens is 402 g/mol. The molecule has 1 N–H and O–H groups in total. The maximum absolute atomic E-state index is 13.2. The average Bonchev–Trinajstić information content (AvgIpc) is 2.83. The molecule has 3 heterocycles. The van der Waals surface area contributed by atoms with Gasteiger partial charge in [-0.3, -0.25) is 4.79 Å². The van der Waals surface area contributed by atoms with E-state index in [4.69, 9.17) is 4.74 Å². The zero-order valence-electron chi connectivity index (χ0n) is 19.2. The SMILES string of the molecule is C/C=C\C=C(/C)C(c1ccccc1)C1CCN(C(=O)N2CCC3OCC(=O)NC3C2)CC1. The zero-order chi connectivity index (χ0) is 22.5. The van der Waals surface area contributed by atoms with Crippen LogP contribution in [0.3, 0.4) is 0 Å². The summed E-state index contributed by atoms with van der Waals surface area (Å²) >= 11 is 0. The highest BCUT2D eigenvalue weighted by Gasteiger charge is 2.38. The molecule has 3 unspecified atom stereocenters. The van der Waals surface area contributed by atoms with Gasteiger partial charge in [-0.1, -0.05) is 54.1 Å². The van der Waals surface area contributed by atoms with Crippen molar-refractivity contribution < 1.29 is 14.3 Å². The molecule has 32 heavy (non-hydrogen) atoms. The van der Waals surface area contributed by atoms with Gasteiger partial charge in [-0.15, -0.1) is 0 Å². The number of piperidine rings is 2. The Hall–Kier alpha value is -2.60. The standard InChI is InChI=1S/C26H35N3O3/c1-3-4-8-19(2)25(20-9-6-5-7-10-20)21-11-14-28(15-12-21)26(31)29-16-13-23-22(17-29)27-24(30)18-32-23/h3-10,21-23,25H,11-18H2,1-2H3,(H,27,30)/b4-3-,19-8+. The third-order valence-electron chi connectivity index (χ3n) is 7.08. The molecule has 4 rings (SSSR count). The van der Waals surface area contributed by atoms with Crippen LogP contribution in [0.5, 0.6) is 0 Å². The first-order valence-corrected chi connectivity index (χ1v) is 11.9. The number of fused-ring (bicyclic) bond motifs is 1. The summed E-state index contributed by atoms with van der Waals surface area (Å²) < 4.78 is 5.63. The first-order chi connectivity index (χ1) is 15.6. The van der Waals surface area contributed by atoms with E-state index in [1.54, 1.807) is 0 Å². The van der Waals surface area contributed by atoms with Crippen LogP contribution in [-0.4, -0.2) is 66.7 Å². The molecule has 6 nitrogen and oxygen atoms in total. The minimum atomic E-state index is -0.0895. The number of morpholine rings is 1. The lowest BCUT2D eigenvalue weighted by Crippen LogP contribution is -2.62. The van der Waals surface area contributed by atoms with E-state index in [-0.39, 0.29) is 30.7 Å². The second-order valence-corrected chi connectivity index (χ2v) is 9.19. The molecule has 3 aliphatic heterocycles. The number of rotatable bonds is 4. The highest BCUT2D eigenvalue weighted by atomic mass is 16.5. The summed E-state index contributed by atoms with van der Waals surface area (Å²) in [6, 6.07) is 10.7. The van der Waals surface area contributed by atoms with E-state index in [2.05, 4.69) is 60.8 Å². The Kier molecular flexibility index (Phi) is 7.30. The van der Waals surface area contributed by atoms with Crippen molar-refractivity contribution in [2.75, 3.05) is 32.8 Å². The number of benzene rings is 1. The first kappa shape index (κ1) is 22.6. The minimum absolute atomic E-state index is 0.0287. The quantitative estimate of drug-likeness (QED) is 0.731. The molecule has 0 saturated carbocycles. The lowest BCUT2D eigenvalue weighted by Gasteiger charge is -2.44. The number of hydrogen-bond donors (Lipinski definition) is 1. The molecule has 0 radical (unpaired) electrons. The lowest BCUT2D eigenvalue weighted by atomic mass is 9.76. The number of amides is 3. The van der Waals surface area contributed by atoms with Crippen molar-refractivity contribution in [3.8, 4) is 0 Å². The summed E-state index contributed by atoms with van der Waals surface area (Å²) in [5.74, 6) is 0.796. The molecule has 1 aromatic rings. The van der Waals surface area contributed by atoms with Crippen molar-refractivity contribution >= 4 is 11.9 Å². The van der Waals surface area contributed by atoms with Crippen LogP contribution >= 0.6 is 0 Å². The van der Waals surface area contributed by atoms with Crippen molar-refractivity contribution in [2.24, 2.45) is 5.92 Å². The summed E-state index contributed by atoms with van der Waals surface area (Å²) in [5, 5.41) is 2.99. The number of likely N-dealkylation sites (tertiary alicyclic amines) is 2. The van der Waals surface area contributed by atoms with E-state index >= 15 is 0 Å². The molecule has 172 valence electrons. The van der Waals surface area contributed by atoms with Crippen molar-refractivity contribution in [2.45, 2.75) is 51.2 Å². The normalized spacial score (nSPS) is 26.1. The van der Waals surface area contributed by atoms with Gasteiger partial charge in [0, 0.05) is 32.1 Å². The summed E-state index contributed by atoms with van der Waals surface area (Å²) in [7, 11) is 0. The third kappa shape index (κ3) is 5.07. The van der Waals surface area contributed by atoms with Gasteiger partial charge in [-0.05, 0) is 44.6 Å². The smallest absolute Gasteiger partial charge is 0.320 e. The highest BCUT2D eigenvalue weighted by molar-refractivity contribution is 5.79. The van der Waals surface area contributed by atoms with Gasteiger partial charge in [-0.2, -0.15) is 0 Å². The molecule has 0 bridgehead atoms. The van der Waals surface area contributed by atoms with E-state index in [1.807, 2.05) is 16.7 Å². The number of ether oxygens (including phenoxy) is 1. The van der Waals surface area contributed by atoms with Gasteiger partial charge in [0.05, 0.1) is 12.1 Å². The fourth-order valence-corrected chi connectivity index (χ4v) is 5.42. The van der Waals surface area contributed by atoms with Gasteiger partial charge in [0.2, 0.25) is 5.91 Å². The predicted molar refractivity (Wildman–Crippen MR) is 125 cm³/mol. The first-order valence-electron chi connectivity index (χ1n) is 11.9. The number of carbonyl (C=O) groups is 2. The van der Waals surface area contributed by atoms with E-state index in [0.717, 1.165) is 32.4 Å². The Labute approximate surface area is 191 Å². The van der Waals surface area contributed by atoms with Crippen LogP contribution in [0.25, 0.3) is 0 Å². The number of hydrogen-bond acceptors (Lipinski definition) is 3. The molecule has 6 heteroatoms. The molecule has 0 aromatic heterocycles. The van der Waals surface area contributed by atoms with Gasteiger partial charge in [-0.25, -0.2) is 4.79 Å². The van der Waals surface area contributed by atoms with E-state index in [0.29, 0.717) is 24.9 Å². The second kappa shape index (κ2) is 10.3. The number of urea groups is 1. The van der Waals surface area contributed by atoms with Crippen LogP contribution < -0.4 is 5.32 Å². The predicted octanol–water partition coefficient (Wildman–Crippen LogP) is 3.71. The molecule has 3 aliphatic rings. The Balaban J connectivity index is 1.39. The summed E-state index contributed by atoms with van der Waals surface area (Å²) in [6.07, 6.45) is 9.19. The summed E-state index contributed by atoms with van der Waals surface area (Å²) in [5.41, 5.74) is 2.72. The van der Waals surface area contributed by atoms with E-state index in [1.165, 1.54) is 11.1 Å². The number of nitrogens with zero attached hydrogens (tertiary/aromatic N) is 2. The lowest BCUT2D eigenvalue weighted by molar-refractivity contribution is -0.139. The number of allylic oxidation sites excluding steroid dienone is 4. The Morgan fingerprint density at radius 3 is 2.56 bits per heavy atom. The third-order valence-corrected chi connectivity index (χ3v) is 7.08. The Morgan fingerprint density at radius 2 is 1.84 bits per heavy atom. The molecular formula is C26H35N3O3. The van der Waals surface area contributed by atoms with Crippen LogP contribution in [0.4, 0.5) is 4.79 Å². The number of carbonyl (C=O) groups excluding carboxylic acids is 2. The van der Waals surface area contributed by atoms with Gasteiger partial charge >= 0.3 is 6.03 Å². The Morgan fingerprint density at radius 1 is 1.12 bits per heavy atom. The van der Waals surface area contributed by atoms with Crippen molar-refractivity contribution in [3.63, 3.8) is 0 Å². The largest absolute Gasteiger partial charge is 0.366 e. The van der Waals surface area contributed by atoms with Crippen molar-refractivity contribution in [1.82, 2.24) is 15.1 Å². The molecule has 3 fully saturated rings. The average molecular weight is 438 g/mol. The fraction of sp³-hybridized carbons (Fsp3) is 0.538. The van der Waals surface area contributed by atoms with Gasteiger partial charge < -0.3 is 19.9 Å². The van der Waals surface area contributed by atoms with Crippen LogP contribution in [0.1, 0.15) is 44.6 Å². The van der Waals surface area contributed by atoms with Crippen molar-refractivity contribution in [3.05, 3.63) is 59.7 Å². The minimum Gasteiger partial charge on any atom is -0.366 e. The van der Waals surface area contributed by atoms with Crippen LogP contribution in [0.15, 0.2) is 54.1 Å². The molecule has 0 aliphatic carbocycles. The van der Waals surface area contributed by atoms with Gasteiger partial charge in [0.15, 0.2) is 0 Å². The highest BCUT2D eigenvalue weighted by Crippen LogP contribution is 2.38. The number of nitrogens with one attached hydrogen (secondary N) is 1. The molecule has 1 aromatic carbocycles. The van der Waals surface area contributed by atoms with E-state index < -0.39 is 0 Å². The van der Waals surface area contributed by atoms with Gasteiger partial charge in [0.25, 0.3) is 0 Å². The molecule has 3 saturated heterocycles. The summed E-state index contributed by atoms with van der Waals surface area (Å²) in [6.45, 7) is 7.17. The zero-order valence-corrected chi connectivity index (χ0v) is 19.2. The Bertz CT molecular complexity index is 858. The van der Waals surface area contributed by atoms with Crippen LogP contribution in [-0.2, 0) is 9.53 Å². The topological polar surface area (TPSA) is 61.9 Å². The van der Waals surface area contributed by atoms with Crippen molar-refractivity contribution in [1.29, 1.82) is 0 Å². The second-order valence-electron chi connectivity index (χ2n) is 9.19.